The van der Waals surface area contributed by atoms with Crippen molar-refractivity contribution < 1.29 is 30.0 Å². The minimum atomic E-state index is -0.805. The van der Waals surface area contributed by atoms with Crippen molar-refractivity contribution in [3.63, 3.8) is 0 Å². The number of hydrogen-bond donors (Lipinski definition) is 4. The van der Waals surface area contributed by atoms with Crippen molar-refractivity contribution in [2.45, 2.75) is 82.4 Å². The number of rotatable bonds is 13. The van der Waals surface area contributed by atoms with Gasteiger partial charge in [-0.15, -0.1) is 0 Å². The van der Waals surface area contributed by atoms with Crippen LogP contribution in [0.1, 0.15) is 51.9 Å². The molecule has 158 valence electrons. The highest BCUT2D eigenvalue weighted by molar-refractivity contribution is 5.66. The third-order valence-corrected chi connectivity index (χ3v) is 4.42. The summed E-state index contributed by atoms with van der Waals surface area (Å²) in [6.45, 7) is 2.03. The van der Waals surface area contributed by atoms with Gasteiger partial charge in [-0.3, -0.25) is 4.79 Å². The second-order valence-corrected chi connectivity index (χ2v) is 6.92. The summed E-state index contributed by atoms with van der Waals surface area (Å²) in [5, 5.41) is 38.8. The zero-order valence-corrected chi connectivity index (χ0v) is 16.6. The van der Waals surface area contributed by atoms with E-state index in [9.17, 15) is 20.1 Å². The van der Waals surface area contributed by atoms with E-state index in [4.69, 9.17) is 9.84 Å². The van der Waals surface area contributed by atoms with Crippen LogP contribution in [0.4, 0.5) is 0 Å². The molecule has 1 aliphatic rings. The molecular weight excluding hydrogens is 360 g/mol. The molecule has 0 radical (unpaired) electrons. The zero-order chi connectivity index (χ0) is 20.8. The maximum Gasteiger partial charge on any atom is 0.303 e. The fourth-order valence-corrected chi connectivity index (χ4v) is 2.84. The Labute approximate surface area is 167 Å². The normalized spacial score (nSPS) is 25.5. The lowest BCUT2D eigenvalue weighted by Gasteiger charge is -2.16. The number of allylic oxidation sites excluding steroid dienone is 4. The summed E-state index contributed by atoms with van der Waals surface area (Å²) in [4.78, 5) is 10.4. The fraction of sp³-hybridized carbons (Fsp3) is 0.591. The van der Waals surface area contributed by atoms with Crippen LogP contribution in [-0.2, 0) is 9.53 Å². The van der Waals surface area contributed by atoms with E-state index in [2.05, 4.69) is 0 Å². The lowest BCUT2D eigenvalue weighted by atomic mass is 10.0. The smallest absolute Gasteiger partial charge is 0.303 e. The van der Waals surface area contributed by atoms with Crippen molar-refractivity contribution in [2.24, 2.45) is 0 Å². The van der Waals surface area contributed by atoms with Crippen LogP contribution in [0.25, 0.3) is 0 Å². The molecule has 0 aromatic heterocycles. The molecule has 0 amide bonds. The first-order valence-corrected chi connectivity index (χ1v) is 9.98. The van der Waals surface area contributed by atoms with Gasteiger partial charge in [-0.25, -0.2) is 0 Å². The number of carbonyl (C=O) groups is 1. The van der Waals surface area contributed by atoms with Crippen molar-refractivity contribution >= 4 is 5.97 Å². The highest BCUT2D eigenvalue weighted by Gasteiger charge is 2.35. The van der Waals surface area contributed by atoms with Gasteiger partial charge in [0.05, 0.1) is 24.4 Å². The van der Waals surface area contributed by atoms with Crippen LogP contribution in [0.3, 0.4) is 0 Å². The van der Waals surface area contributed by atoms with E-state index in [0.29, 0.717) is 32.1 Å². The van der Waals surface area contributed by atoms with E-state index in [0.717, 1.165) is 6.42 Å². The van der Waals surface area contributed by atoms with E-state index in [1.165, 1.54) is 0 Å². The number of aliphatic hydroxyl groups is 3. The van der Waals surface area contributed by atoms with Crippen LogP contribution in [-0.4, -0.2) is 56.9 Å². The number of carboxylic acids is 1. The topological polar surface area (TPSA) is 107 Å². The predicted octanol–water partition coefficient (Wildman–Crippen LogP) is 2.90. The van der Waals surface area contributed by atoms with E-state index in [1.54, 1.807) is 12.2 Å². The molecule has 1 fully saturated rings. The lowest BCUT2D eigenvalue weighted by molar-refractivity contribution is -0.136. The van der Waals surface area contributed by atoms with Crippen LogP contribution in [0, 0.1) is 0 Å². The van der Waals surface area contributed by atoms with E-state index >= 15 is 0 Å². The molecule has 0 bridgehead atoms. The molecule has 5 atom stereocenters. The second-order valence-electron chi connectivity index (χ2n) is 6.92. The Morgan fingerprint density at radius 3 is 2.54 bits per heavy atom. The Bertz CT molecular complexity index is 551. The molecule has 0 aliphatic carbocycles. The van der Waals surface area contributed by atoms with Gasteiger partial charge in [0.2, 0.25) is 0 Å². The molecule has 1 heterocycles. The molecule has 0 unspecified atom stereocenters. The van der Waals surface area contributed by atoms with Gasteiger partial charge >= 0.3 is 5.97 Å². The minimum Gasteiger partial charge on any atom is -0.481 e. The maximum atomic E-state index is 10.4. The number of aliphatic carboxylic acids is 1. The van der Waals surface area contributed by atoms with Gasteiger partial charge in [0, 0.05) is 12.8 Å². The molecule has 0 aromatic carbocycles. The van der Waals surface area contributed by atoms with Crippen LogP contribution in [0.2, 0.25) is 0 Å². The van der Waals surface area contributed by atoms with Gasteiger partial charge in [-0.05, 0) is 32.1 Å². The third-order valence-electron chi connectivity index (χ3n) is 4.42. The molecule has 1 aliphatic heterocycles. The quantitative estimate of drug-likeness (QED) is 0.358. The Kier molecular flexibility index (Phi) is 12.4. The Morgan fingerprint density at radius 2 is 1.82 bits per heavy atom. The highest BCUT2D eigenvalue weighted by atomic mass is 16.5. The van der Waals surface area contributed by atoms with Gasteiger partial charge in [0.1, 0.15) is 6.10 Å². The van der Waals surface area contributed by atoms with Crippen LogP contribution >= 0.6 is 0 Å². The van der Waals surface area contributed by atoms with Crippen LogP contribution < -0.4 is 0 Å². The first kappa shape index (κ1) is 24.3. The van der Waals surface area contributed by atoms with Crippen molar-refractivity contribution in [1.29, 1.82) is 0 Å². The molecule has 6 nitrogen and oxygen atoms in total. The standard InChI is InChI=1S/C22H34O6/c1-2-3-8-12-18(24)21-16-19(25)20(28-21)15-14-17(23)11-9-6-4-5-7-10-13-22(26)27/h3,5-9,14-15,17-21,23-25H,2,4,10-13,16H2,1H3,(H,26,27)/b7-5-,8-3-,9-6-,15-14+/t17-,18-,19-,20-,21-/m0/s1. The molecule has 6 heteroatoms. The first-order valence-electron chi connectivity index (χ1n) is 9.98. The van der Waals surface area contributed by atoms with E-state index in [-0.39, 0.29) is 6.42 Å². The summed E-state index contributed by atoms with van der Waals surface area (Å²) in [6.07, 6.45) is 15.3. The van der Waals surface area contributed by atoms with Crippen molar-refractivity contribution in [2.75, 3.05) is 0 Å². The van der Waals surface area contributed by atoms with Gasteiger partial charge in [-0.2, -0.15) is 0 Å². The number of carboxylic acid groups (broad SMARTS) is 1. The van der Waals surface area contributed by atoms with Crippen molar-refractivity contribution in [1.82, 2.24) is 0 Å². The third kappa shape index (κ3) is 10.6. The Morgan fingerprint density at radius 1 is 1.11 bits per heavy atom. The van der Waals surface area contributed by atoms with E-state index < -0.39 is 36.5 Å². The summed E-state index contributed by atoms with van der Waals surface area (Å²) in [7, 11) is 0. The molecular formula is C22H34O6. The first-order chi connectivity index (χ1) is 13.4. The zero-order valence-electron chi connectivity index (χ0n) is 16.6. The average molecular weight is 395 g/mol. The molecule has 4 N–H and O–H groups in total. The minimum absolute atomic E-state index is 0.131. The van der Waals surface area contributed by atoms with Crippen LogP contribution in [0.15, 0.2) is 48.6 Å². The number of aliphatic hydroxyl groups excluding tert-OH is 3. The van der Waals surface area contributed by atoms with Crippen molar-refractivity contribution in [3.05, 3.63) is 48.6 Å². The Balaban J connectivity index is 2.29. The number of ether oxygens (including phenoxy) is 1. The SMILES string of the molecule is CC/C=C\C[C@H](O)[C@@H]1C[C@H](O)[C@H](/C=C/[C@@H](O)C/C=C\C/C=C\CCC(=O)O)O1. The van der Waals surface area contributed by atoms with Gasteiger partial charge < -0.3 is 25.2 Å². The van der Waals surface area contributed by atoms with Gasteiger partial charge in [0.25, 0.3) is 0 Å². The lowest BCUT2D eigenvalue weighted by Crippen LogP contribution is -2.25. The second kappa shape index (κ2) is 14.3. The van der Waals surface area contributed by atoms with Crippen LogP contribution in [0.5, 0.6) is 0 Å². The molecule has 0 saturated carbocycles. The molecule has 1 saturated heterocycles. The molecule has 0 spiro atoms. The van der Waals surface area contributed by atoms with Gasteiger partial charge in [-0.1, -0.05) is 55.5 Å². The largest absolute Gasteiger partial charge is 0.481 e. The molecule has 28 heavy (non-hydrogen) atoms. The van der Waals surface area contributed by atoms with Gasteiger partial charge in [0.15, 0.2) is 0 Å². The Hall–Kier alpha value is -1.73. The fourth-order valence-electron chi connectivity index (χ4n) is 2.84. The summed E-state index contributed by atoms with van der Waals surface area (Å²) in [5.41, 5.74) is 0. The molecule has 1 rings (SSSR count). The summed E-state index contributed by atoms with van der Waals surface area (Å²) >= 11 is 0. The number of hydrogen-bond acceptors (Lipinski definition) is 5. The van der Waals surface area contributed by atoms with E-state index in [1.807, 2.05) is 43.4 Å². The summed E-state index contributed by atoms with van der Waals surface area (Å²) in [5.74, 6) is -0.805. The summed E-state index contributed by atoms with van der Waals surface area (Å²) < 4.78 is 5.71. The molecule has 0 aromatic rings. The monoisotopic (exact) mass is 394 g/mol. The maximum absolute atomic E-state index is 10.4. The highest BCUT2D eigenvalue weighted by Crippen LogP contribution is 2.25. The van der Waals surface area contributed by atoms with Crippen molar-refractivity contribution in [3.8, 4) is 0 Å². The summed E-state index contributed by atoms with van der Waals surface area (Å²) in [6, 6.07) is 0. The average Bonchev–Trinajstić information content (AvgIpc) is 3.03. The predicted molar refractivity (Wildman–Crippen MR) is 109 cm³/mol.